The fourth-order valence-corrected chi connectivity index (χ4v) is 5.04. The first-order valence-corrected chi connectivity index (χ1v) is 9.48. The molecule has 0 aliphatic carbocycles. The number of nitriles is 1. The summed E-state index contributed by atoms with van der Waals surface area (Å²) in [6.07, 6.45) is 2.02. The van der Waals surface area contributed by atoms with E-state index in [9.17, 15) is 10.1 Å². The number of hydrogen-bond donors (Lipinski definition) is 0. The van der Waals surface area contributed by atoms with Gasteiger partial charge in [0.25, 0.3) is 0 Å². The zero-order valence-corrected chi connectivity index (χ0v) is 14.5. The fourth-order valence-electron chi connectivity index (χ4n) is 3.06. The van der Waals surface area contributed by atoms with Crippen molar-refractivity contribution in [3.05, 3.63) is 57.1 Å². The van der Waals surface area contributed by atoms with E-state index < -0.39 is 0 Å². The molecular weight excluding hydrogens is 342 g/mol. The summed E-state index contributed by atoms with van der Waals surface area (Å²) in [5, 5.41) is 12.5. The lowest BCUT2D eigenvalue weighted by molar-refractivity contribution is -0.131. The van der Waals surface area contributed by atoms with Gasteiger partial charge < -0.3 is 4.42 Å². The van der Waals surface area contributed by atoms with Gasteiger partial charge in [0.1, 0.15) is 5.76 Å². The van der Waals surface area contributed by atoms with Gasteiger partial charge in [0.05, 0.1) is 42.0 Å². The maximum atomic E-state index is 12.7. The number of nitrogens with zero attached hydrogens (tertiary/aromatic N) is 3. The van der Waals surface area contributed by atoms with E-state index in [2.05, 4.69) is 11.0 Å². The van der Waals surface area contributed by atoms with E-state index in [4.69, 9.17) is 4.42 Å². The molecule has 122 valence electrons. The van der Waals surface area contributed by atoms with Crippen molar-refractivity contribution in [1.82, 2.24) is 9.80 Å². The summed E-state index contributed by atoms with van der Waals surface area (Å²) in [7, 11) is 0. The quantitative estimate of drug-likeness (QED) is 0.841. The first kappa shape index (κ1) is 15.5. The standard InChI is InChI=1S/C17H15N3O2S2/c18-8-14-13(15-4-2-6-23-15)7-16(21)20-10-19(11-24-17(14)20)9-12-3-1-5-22-12/h1-6,13H,7,9-11H2/t13-/m1/s1. The Bertz CT molecular complexity index is 806. The summed E-state index contributed by atoms with van der Waals surface area (Å²) < 4.78 is 5.39. The van der Waals surface area contributed by atoms with Gasteiger partial charge >= 0.3 is 0 Å². The van der Waals surface area contributed by atoms with Crippen LogP contribution < -0.4 is 0 Å². The van der Waals surface area contributed by atoms with Crippen LogP contribution in [0.5, 0.6) is 0 Å². The number of thiophene rings is 1. The third kappa shape index (κ3) is 2.77. The zero-order chi connectivity index (χ0) is 16.5. The molecule has 5 nitrogen and oxygen atoms in total. The number of fused-ring (bicyclic) bond motifs is 1. The lowest BCUT2D eigenvalue weighted by atomic mass is 9.92. The molecule has 2 aromatic heterocycles. The Morgan fingerprint density at radius 2 is 2.29 bits per heavy atom. The van der Waals surface area contributed by atoms with Crippen molar-refractivity contribution in [2.24, 2.45) is 0 Å². The summed E-state index contributed by atoms with van der Waals surface area (Å²) in [6, 6.07) is 10.1. The minimum absolute atomic E-state index is 0.0824. The van der Waals surface area contributed by atoms with Crippen LogP contribution >= 0.6 is 23.1 Å². The normalized spacial score (nSPS) is 21.7. The second kappa shape index (κ2) is 6.48. The van der Waals surface area contributed by atoms with Crippen molar-refractivity contribution in [2.75, 3.05) is 12.5 Å². The van der Waals surface area contributed by atoms with E-state index in [1.165, 1.54) is 0 Å². The maximum absolute atomic E-state index is 12.7. The largest absolute Gasteiger partial charge is 0.468 e. The third-order valence-corrected chi connectivity index (χ3v) is 6.39. The third-order valence-electron chi connectivity index (χ3n) is 4.20. The second-order valence-corrected chi connectivity index (χ2v) is 7.66. The van der Waals surface area contributed by atoms with Crippen LogP contribution in [-0.2, 0) is 11.3 Å². The molecule has 0 saturated carbocycles. The average Bonchev–Trinajstić information content (AvgIpc) is 3.28. The Labute approximate surface area is 148 Å². The van der Waals surface area contributed by atoms with Gasteiger partial charge in [-0.15, -0.1) is 11.3 Å². The highest BCUT2D eigenvalue weighted by Gasteiger charge is 2.38. The number of hydrogen-bond acceptors (Lipinski definition) is 6. The van der Waals surface area contributed by atoms with E-state index in [0.29, 0.717) is 19.6 Å². The monoisotopic (exact) mass is 357 g/mol. The van der Waals surface area contributed by atoms with E-state index in [-0.39, 0.29) is 11.8 Å². The molecule has 0 radical (unpaired) electrons. The van der Waals surface area contributed by atoms with Crippen LogP contribution in [0.2, 0.25) is 0 Å². The lowest BCUT2D eigenvalue weighted by Crippen LogP contribution is -2.46. The molecule has 7 heteroatoms. The molecular formula is C17H15N3O2S2. The van der Waals surface area contributed by atoms with Gasteiger partial charge in [-0.05, 0) is 23.6 Å². The first-order chi connectivity index (χ1) is 11.8. The highest BCUT2D eigenvalue weighted by molar-refractivity contribution is 8.03. The van der Waals surface area contributed by atoms with Crippen LogP contribution in [0.25, 0.3) is 0 Å². The highest BCUT2D eigenvalue weighted by Crippen LogP contribution is 2.43. The number of rotatable bonds is 3. The molecule has 2 aromatic rings. The predicted octanol–water partition coefficient (Wildman–Crippen LogP) is 3.56. The molecule has 0 aromatic carbocycles. The summed E-state index contributed by atoms with van der Waals surface area (Å²) in [4.78, 5) is 17.6. The van der Waals surface area contributed by atoms with Crippen LogP contribution in [0.4, 0.5) is 0 Å². The Kier molecular flexibility index (Phi) is 4.19. The van der Waals surface area contributed by atoms with Gasteiger partial charge in [-0.2, -0.15) is 5.26 Å². The van der Waals surface area contributed by atoms with Crippen molar-refractivity contribution < 1.29 is 9.21 Å². The molecule has 4 rings (SSSR count). The van der Waals surface area contributed by atoms with E-state index in [0.717, 1.165) is 27.1 Å². The van der Waals surface area contributed by atoms with Crippen molar-refractivity contribution in [2.45, 2.75) is 18.9 Å². The molecule has 0 bridgehead atoms. The maximum Gasteiger partial charge on any atom is 0.229 e. The minimum atomic E-state index is -0.0992. The Balaban J connectivity index is 1.60. The van der Waals surface area contributed by atoms with E-state index in [1.54, 1.807) is 34.3 Å². The Morgan fingerprint density at radius 1 is 1.38 bits per heavy atom. The van der Waals surface area contributed by atoms with Crippen molar-refractivity contribution in [1.29, 1.82) is 5.26 Å². The number of allylic oxidation sites excluding steroid dienone is 1. The molecule has 24 heavy (non-hydrogen) atoms. The van der Waals surface area contributed by atoms with Crippen molar-refractivity contribution >= 4 is 29.0 Å². The highest BCUT2D eigenvalue weighted by atomic mass is 32.2. The predicted molar refractivity (Wildman–Crippen MR) is 92.7 cm³/mol. The summed E-state index contributed by atoms with van der Waals surface area (Å²) in [6.45, 7) is 1.16. The topological polar surface area (TPSA) is 60.5 Å². The van der Waals surface area contributed by atoms with Crippen LogP contribution in [0.3, 0.4) is 0 Å². The van der Waals surface area contributed by atoms with Crippen LogP contribution in [-0.4, -0.2) is 28.3 Å². The molecule has 0 N–H and O–H groups in total. The Morgan fingerprint density at radius 3 is 3.00 bits per heavy atom. The molecule has 0 unspecified atom stereocenters. The van der Waals surface area contributed by atoms with Gasteiger partial charge in [0, 0.05) is 17.2 Å². The van der Waals surface area contributed by atoms with Crippen LogP contribution in [0.15, 0.2) is 50.9 Å². The number of amides is 1. The van der Waals surface area contributed by atoms with E-state index in [1.807, 2.05) is 29.6 Å². The molecule has 4 heterocycles. The molecule has 1 fully saturated rings. The number of furan rings is 1. The van der Waals surface area contributed by atoms with Crippen LogP contribution in [0.1, 0.15) is 23.0 Å². The summed E-state index contributed by atoms with van der Waals surface area (Å²) in [5.41, 5.74) is 0.722. The SMILES string of the molecule is N#CC1=C2SCN(Cc3ccco3)CN2C(=O)C[C@H]1c1cccs1. The molecule has 2 aliphatic rings. The van der Waals surface area contributed by atoms with Crippen molar-refractivity contribution in [3.8, 4) is 6.07 Å². The Hall–Kier alpha value is -2.01. The number of carbonyl (C=O) groups excluding carboxylic acids is 1. The number of thioether (sulfide) groups is 1. The average molecular weight is 357 g/mol. The summed E-state index contributed by atoms with van der Waals surface area (Å²) in [5.74, 6) is 1.60. The van der Waals surface area contributed by atoms with Gasteiger partial charge in [-0.25, -0.2) is 0 Å². The summed E-state index contributed by atoms with van der Waals surface area (Å²) >= 11 is 3.17. The van der Waals surface area contributed by atoms with Gasteiger partial charge in [0.15, 0.2) is 0 Å². The van der Waals surface area contributed by atoms with E-state index >= 15 is 0 Å². The van der Waals surface area contributed by atoms with Gasteiger partial charge in [0.2, 0.25) is 5.91 Å². The van der Waals surface area contributed by atoms with Gasteiger partial charge in [-0.3, -0.25) is 14.6 Å². The smallest absolute Gasteiger partial charge is 0.229 e. The number of carbonyl (C=O) groups is 1. The molecule has 1 amide bonds. The fraction of sp³-hybridized carbons (Fsp3) is 0.294. The van der Waals surface area contributed by atoms with Crippen LogP contribution in [0, 0.1) is 11.3 Å². The molecule has 2 aliphatic heterocycles. The zero-order valence-electron chi connectivity index (χ0n) is 12.8. The van der Waals surface area contributed by atoms with Gasteiger partial charge in [-0.1, -0.05) is 17.8 Å². The second-order valence-electron chi connectivity index (χ2n) is 5.75. The van der Waals surface area contributed by atoms with Crippen molar-refractivity contribution in [3.63, 3.8) is 0 Å². The first-order valence-electron chi connectivity index (χ1n) is 7.62. The molecule has 0 spiro atoms. The minimum Gasteiger partial charge on any atom is -0.468 e. The lowest BCUT2D eigenvalue weighted by Gasteiger charge is -2.40. The molecule has 1 saturated heterocycles. The molecule has 1 atom stereocenters.